The third kappa shape index (κ3) is 3.32. The summed E-state index contributed by atoms with van der Waals surface area (Å²) < 4.78 is 12.3. The Morgan fingerprint density at radius 2 is 1.89 bits per heavy atom. The van der Waals surface area contributed by atoms with E-state index in [9.17, 15) is 0 Å². The van der Waals surface area contributed by atoms with Crippen LogP contribution in [0.5, 0.6) is 5.75 Å². The van der Waals surface area contributed by atoms with Crippen LogP contribution in [0.2, 0.25) is 0 Å². The van der Waals surface area contributed by atoms with Crippen LogP contribution < -0.4 is 4.74 Å². The average Bonchev–Trinajstić information content (AvgIpc) is 2.81. The zero-order chi connectivity index (χ0) is 13.7. The highest BCUT2D eigenvalue weighted by Crippen LogP contribution is 2.20. The Balaban J connectivity index is 2.10. The van der Waals surface area contributed by atoms with Crippen LogP contribution in [0.15, 0.2) is 24.3 Å². The molecule has 0 aliphatic heterocycles. The van der Waals surface area contributed by atoms with E-state index in [-0.39, 0.29) is 0 Å². The van der Waals surface area contributed by atoms with Crippen molar-refractivity contribution in [2.75, 3.05) is 20.3 Å². The van der Waals surface area contributed by atoms with Crippen LogP contribution in [0.4, 0.5) is 0 Å². The summed E-state index contributed by atoms with van der Waals surface area (Å²) in [5.41, 5.74) is 1.04. The number of rotatable bonds is 6. The van der Waals surface area contributed by atoms with E-state index in [0.717, 1.165) is 29.4 Å². The van der Waals surface area contributed by atoms with Gasteiger partial charge in [0.1, 0.15) is 12.4 Å². The number of benzene rings is 1. The van der Waals surface area contributed by atoms with Gasteiger partial charge in [-0.25, -0.2) is 9.67 Å². The highest BCUT2D eigenvalue weighted by atomic mass is 16.5. The molecule has 19 heavy (non-hydrogen) atoms. The van der Waals surface area contributed by atoms with Gasteiger partial charge in [-0.1, -0.05) is 6.92 Å². The lowest BCUT2D eigenvalue weighted by atomic mass is 10.2. The molecule has 0 N–H and O–H groups in total. The van der Waals surface area contributed by atoms with E-state index in [1.807, 2.05) is 38.2 Å². The minimum atomic E-state index is 0.555. The van der Waals surface area contributed by atoms with E-state index in [4.69, 9.17) is 9.47 Å². The van der Waals surface area contributed by atoms with Gasteiger partial charge in [-0.2, -0.15) is 5.10 Å². The molecular weight excluding hydrogens is 242 g/mol. The lowest BCUT2D eigenvalue weighted by Gasteiger charge is -2.06. The normalized spacial score (nSPS) is 10.7. The summed E-state index contributed by atoms with van der Waals surface area (Å²) in [6.45, 7) is 3.19. The predicted octanol–water partition coefficient (Wildman–Crippen LogP) is 2.07. The Kier molecular flexibility index (Phi) is 4.52. The predicted molar refractivity (Wildman–Crippen MR) is 73.2 cm³/mol. The first-order valence-corrected chi connectivity index (χ1v) is 6.36. The summed E-state index contributed by atoms with van der Waals surface area (Å²) in [5.74, 6) is 2.57. The SMILES string of the molecule is CCc1nc(-c2ccc(OCCOC)cc2)n(C)n1. The zero-order valence-electron chi connectivity index (χ0n) is 11.6. The van der Waals surface area contributed by atoms with E-state index in [1.54, 1.807) is 11.8 Å². The summed E-state index contributed by atoms with van der Waals surface area (Å²) in [6, 6.07) is 7.85. The molecule has 0 unspecified atom stereocenters. The van der Waals surface area contributed by atoms with Crippen molar-refractivity contribution < 1.29 is 9.47 Å². The lowest BCUT2D eigenvalue weighted by Crippen LogP contribution is -2.04. The Morgan fingerprint density at radius 1 is 1.16 bits per heavy atom. The Morgan fingerprint density at radius 3 is 2.47 bits per heavy atom. The number of methoxy groups -OCH3 is 1. The lowest BCUT2D eigenvalue weighted by molar-refractivity contribution is 0.146. The number of aromatic nitrogens is 3. The van der Waals surface area contributed by atoms with Gasteiger partial charge in [0, 0.05) is 26.1 Å². The van der Waals surface area contributed by atoms with Crippen molar-refractivity contribution in [2.45, 2.75) is 13.3 Å². The largest absolute Gasteiger partial charge is 0.491 e. The van der Waals surface area contributed by atoms with E-state index in [2.05, 4.69) is 10.1 Å². The van der Waals surface area contributed by atoms with Gasteiger partial charge in [0.15, 0.2) is 11.6 Å². The maximum atomic E-state index is 5.53. The monoisotopic (exact) mass is 261 g/mol. The second-order valence-corrected chi connectivity index (χ2v) is 4.19. The number of ether oxygens (including phenoxy) is 2. The van der Waals surface area contributed by atoms with Gasteiger partial charge in [-0.05, 0) is 24.3 Å². The molecule has 0 saturated carbocycles. The minimum absolute atomic E-state index is 0.555. The molecule has 0 amide bonds. The molecule has 0 saturated heterocycles. The van der Waals surface area contributed by atoms with Crippen LogP contribution in [0, 0.1) is 0 Å². The first kappa shape index (κ1) is 13.5. The molecule has 0 atom stereocenters. The van der Waals surface area contributed by atoms with Gasteiger partial charge in [0.25, 0.3) is 0 Å². The standard InChI is InChI=1S/C14H19N3O2/c1-4-13-15-14(17(2)16-13)11-5-7-12(8-6-11)19-10-9-18-3/h5-8H,4,9-10H2,1-3H3. The molecule has 0 aliphatic carbocycles. The minimum Gasteiger partial charge on any atom is -0.491 e. The molecule has 0 aliphatic rings. The van der Waals surface area contributed by atoms with Gasteiger partial charge in [0.2, 0.25) is 0 Å². The molecular formula is C14H19N3O2. The number of aryl methyl sites for hydroxylation is 2. The zero-order valence-corrected chi connectivity index (χ0v) is 11.6. The van der Waals surface area contributed by atoms with Crippen LogP contribution in [-0.4, -0.2) is 35.1 Å². The first-order chi connectivity index (χ1) is 9.24. The second kappa shape index (κ2) is 6.33. The highest BCUT2D eigenvalue weighted by molar-refractivity contribution is 5.56. The van der Waals surface area contributed by atoms with E-state index >= 15 is 0 Å². The molecule has 5 heteroatoms. The Bertz CT molecular complexity index is 520. The van der Waals surface area contributed by atoms with Crippen molar-refractivity contribution in [3.05, 3.63) is 30.1 Å². The molecule has 0 fully saturated rings. The summed E-state index contributed by atoms with van der Waals surface area (Å²) in [7, 11) is 3.57. The number of nitrogens with zero attached hydrogens (tertiary/aromatic N) is 3. The van der Waals surface area contributed by atoms with Gasteiger partial charge in [-0.3, -0.25) is 0 Å². The average molecular weight is 261 g/mol. The third-order valence-electron chi connectivity index (χ3n) is 2.79. The smallest absolute Gasteiger partial charge is 0.158 e. The van der Waals surface area contributed by atoms with Crippen molar-refractivity contribution in [2.24, 2.45) is 7.05 Å². The van der Waals surface area contributed by atoms with Crippen LogP contribution in [-0.2, 0) is 18.2 Å². The summed E-state index contributed by atoms with van der Waals surface area (Å²) in [6.07, 6.45) is 0.839. The molecule has 1 heterocycles. The molecule has 0 radical (unpaired) electrons. The van der Waals surface area contributed by atoms with Crippen LogP contribution in [0.3, 0.4) is 0 Å². The van der Waals surface area contributed by atoms with Crippen molar-refractivity contribution in [3.8, 4) is 17.1 Å². The van der Waals surface area contributed by atoms with E-state index in [0.29, 0.717) is 13.2 Å². The van der Waals surface area contributed by atoms with Gasteiger partial charge < -0.3 is 9.47 Å². The van der Waals surface area contributed by atoms with E-state index < -0.39 is 0 Å². The van der Waals surface area contributed by atoms with Gasteiger partial charge in [0.05, 0.1) is 6.61 Å². The van der Waals surface area contributed by atoms with Crippen LogP contribution >= 0.6 is 0 Å². The molecule has 2 rings (SSSR count). The number of hydrogen-bond donors (Lipinski definition) is 0. The molecule has 1 aromatic carbocycles. The fourth-order valence-electron chi connectivity index (χ4n) is 1.78. The summed E-state index contributed by atoms with van der Waals surface area (Å²) >= 11 is 0. The highest BCUT2D eigenvalue weighted by Gasteiger charge is 2.08. The van der Waals surface area contributed by atoms with E-state index in [1.165, 1.54) is 0 Å². The molecule has 2 aromatic rings. The van der Waals surface area contributed by atoms with Crippen molar-refractivity contribution in [1.29, 1.82) is 0 Å². The maximum absolute atomic E-state index is 5.53. The summed E-state index contributed by atoms with van der Waals surface area (Å²) in [4.78, 5) is 4.49. The van der Waals surface area contributed by atoms with Crippen LogP contribution in [0.25, 0.3) is 11.4 Å². The fraction of sp³-hybridized carbons (Fsp3) is 0.429. The molecule has 102 valence electrons. The third-order valence-corrected chi connectivity index (χ3v) is 2.79. The quantitative estimate of drug-likeness (QED) is 0.747. The summed E-state index contributed by atoms with van der Waals surface area (Å²) in [5, 5.41) is 4.35. The van der Waals surface area contributed by atoms with Crippen LogP contribution in [0.1, 0.15) is 12.7 Å². The van der Waals surface area contributed by atoms with Crippen molar-refractivity contribution in [1.82, 2.24) is 14.8 Å². The van der Waals surface area contributed by atoms with Crippen molar-refractivity contribution in [3.63, 3.8) is 0 Å². The fourth-order valence-corrected chi connectivity index (χ4v) is 1.78. The Hall–Kier alpha value is -1.88. The van der Waals surface area contributed by atoms with Gasteiger partial charge >= 0.3 is 0 Å². The van der Waals surface area contributed by atoms with Crippen molar-refractivity contribution >= 4 is 0 Å². The molecule has 1 aromatic heterocycles. The first-order valence-electron chi connectivity index (χ1n) is 6.36. The molecule has 5 nitrogen and oxygen atoms in total. The topological polar surface area (TPSA) is 49.2 Å². The molecule has 0 spiro atoms. The van der Waals surface area contributed by atoms with Gasteiger partial charge in [-0.15, -0.1) is 0 Å². The second-order valence-electron chi connectivity index (χ2n) is 4.19. The Labute approximate surface area is 113 Å². The number of hydrogen-bond acceptors (Lipinski definition) is 4. The maximum Gasteiger partial charge on any atom is 0.158 e. The molecule has 0 bridgehead atoms.